The summed E-state index contributed by atoms with van der Waals surface area (Å²) in [5, 5.41) is 7.14. The number of methoxy groups -OCH3 is 1. The molecule has 0 spiro atoms. The highest BCUT2D eigenvalue weighted by atomic mass is 35.5. The van der Waals surface area contributed by atoms with E-state index in [1.807, 2.05) is 0 Å². The summed E-state index contributed by atoms with van der Waals surface area (Å²) >= 11 is 12.4. The molecule has 0 saturated heterocycles. The van der Waals surface area contributed by atoms with Crippen LogP contribution in [0, 0.1) is 0 Å². The van der Waals surface area contributed by atoms with Crippen molar-refractivity contribution in [1.29, 1.82) is 0 Å². The number of halogens is 2. The maximum Gasteiger partial charge on any atom is 0.275 e. The fraction of sp³-hybridized carbons (Fsp3) is 0.125. The number of rotatable bonds is 4. The molecule has 10 heteroatoms. The first-order valence-corrected chi connectivity index (χ1v) is 8.11. The van der Waals surface area contributed by atoms with Crippen molar-refractivity contribution in [3.63, 3.8) is 0 Å². The molecule has 0 saturated carbocycles. The van der Waals surface area contributed by atoms with Gasteiger partial charge in [-0.15, -0.1) is 0 Å². The van der Waals surface area contributed by atoms with Gasteiger partial charge >= 0.3 is 0 Å². The summed E-state index contributed by atoms with van der Waals surface area (Å²) in [6, 6.07) is 4.82. The summed E-state index contributed by atoms with van der Waals surface area (Å²) in [5.41, 5.74) is 7.18. The van der Waals surface area contributed by atoms with Crippen LogP contribution in [-0.2, 0) is 7.05 Å². The zero-order chi connectivity index (χ0) is 18.8. The number of aromatic nitrogens is 4. The Morgan fingerprint density at radius 2 is 2.12 bits per heavy atom. The van der Waals surface area contributed by atoms with Gasteiger partial charge in [-0.2, -0.15) is 5.10 Å². The fourth-order valence-corrected chi connectivity index (χ4v) is 2.71. The number of anilines is 2. The Morgan fingerprint density at radius 3 is 2.73 bits per heavy atom. The van der Waals surface area contributed by atoms with Crippen LogP contribution in [0.15, 0.2) is 30.6 Å². The van der Waals surface area contributed by atoms with Gasteiger partial charge in [-0.1, -0.05) is 23.2 Å². The van der Waals surface area contributed by atoms with E-state index in [1.165, 1.54) is 24.2 Å². The molecule has 26 heavy (non-hydrogen) atoms. The monoisotopic (exact) mass is 392 g/mol. The number of nitrogen functional groups attached to an aromatic ring is 1. The molecule has 0 atom stereocenters. The van der Waals surface area contributed by atoms with Crippen molar-refractivity contribution < 1.29 is 9.53 Å². The molecule has 134 valence electrons. The summed E-state index contributed by atoms with van der Waals surface area (Å²) in [4.78, 5) is 20.6. The summed E-state index contributed by atoms with van der Waals surface area (Å²) < 4.78 is 6.63. The van der Waals surface area contributed by atoms with Crippen LogP contribution < -0.4 is 15.8 Å². The largest absolute Gasteiger partial charge is 0.497 e. The van der Waals surface area contributed by atoms with Crippen LogP contribution in [0.3, 0.4) is 0 Å². The lowest BCUT2D eigenvalue weighted by atomic mass is 10.1. The molecule has 0 radical (unpaired) electrons. The SMILES string of the molecule is COc1cc(Cl)c(Cl)c(-c2ncc(NC(=O)c3ccnn3C)nc2N)c1. The normalized spacial score (nSPS) is 10.6. The molecular weight excluding hydrogens is 379 g/mol. The third-order valence-corrected chi connectivity index (χ3v) is 4.39. The van der Waals surface area contributed by atoms with Crippen LogP contribution in [0.25, 0.3) is 11.3 Å². The molecule has 0 fully saturated rings. The Labute approximate surface area is 158 Å². The summed E-state index contributed by atoms with van der Waals surface area (Å²) in [5.74, 6) is 0.402. The van der Waals surface area contributed by atoms with E-state index in [4.69, 9.17) is 33.7 Å². The molecule has 3 aromatic rings. The molecule has 0 aliphatic heterocycles. The van der Waals surface area contributed by atoms with Crippen molar-refractivity contribution in [1.82, 2.24) is 19.7 Å². The number of amides is 1. The van der Waals surface area contributed by atoms with Crippen molar-refractivity contribution in [3.05, 3.63) is 46.3 Å². The first kappa shape index (κ1) is 18.0. The highest BCUT2D eigenvalue weighted by molar-refractivity contribution is 6.43. The van der Waals surface area contributed by atoms with Crippen LogP contribution in [-0.4, -0.2) is 32.8 Å². The second kappa shape index (κ2) is 7.19. The first-order valence-electron chi connectivity index (χ1n) is 7.36. The Hall–Kier alpha value is -2.84. The predicted octanol–water partition coefficient (Wildman–Crippen LogP) is 3.03. The molecular formula is C16H14Cl2N6O2. The van der Waals surface area contributed by atoms with E-state index in [0.717, 1.165) is 0 Å². The number of hydrogen-bond acceptors (Lipinski definition) is 6. The van der Waals surface area contributed by atoms with Crippen molar-refractivity contribution in [2.75, 3.05) is 18.2 Å². The summed E-state index contributed by atoms with van der Waals surface area (Å²) in [7, 11) is 3.17. The number of nitrogens with two attached hydrogens (primary N) is 1. The molecule has 0 aliphatic carbocycles. The molecule has 2 aromatic heterocycles. The van der Waals surface area contributed by atoms with E-state index in [-0.39, 0.29) is 22.6 Å². The lowest BCUT2D eigenvalue weighted by molar-refractivity contribution is 0.101. The number of aryl methyl sites for hydroxylation is 1. The topological polar surface area (TPSA) is 108 Å². The molecule has 1 amide bonds. The quantitative estimate of drug-likeness (QED) is 0.706. The lowest BCUT2D eigenvalue weighted by Gasteiger charge is -2.11. The van der Waals surface area contributed by atoms with Crippen molar-refractivity contribution in [2.24, 2.45) is 7.05 Å². The van der Waals surface area contributed by atoms with Gasteiger partial charge in [0.05, 0.1) is 23.4 Å². The maximum absolute atomic E-state index is 12.2. The zero-order valence-electron chi connectivity index (χ0n) is 13.8. The van der Waals surface area contributed by atoms with Gasteiger partial charge in [-0.05, 0) is 12.1 Å². The number of ether oxygens (including phenoxy) is 1. The Balaban J connectivity index is 1.92. The molecule has 0 unspecified atom stereocenters. The first-order chi connectivity index (χ1) is 12.4. The molecule has 8 nitrogen and oxygen atoms in total. The molecule has 3 rings (SSSR count). The van der Waals surface area contributed by atoms with Crippen molar-refractivity contribution in [2.45, 2.75) is 0 Å². The molecule has 0 bridgehead atoms. The number of carbonyl (C=O) groups excluding carboxylic acids is 1. The van der Waals surface area contributed by atoms with E-state index in [2.05, 4.69) is 20.4 Å². The zero-order valence-corrected chi connectivity index (χ0v) is 15.3. The van der Waals surface area contributed by atoms with E-state index >= 15 is 0 Å². The van der Waals surface area contributed by atoms with Gasteiger partial charge < -0.3 is 15.8 Å². The van der Waals surface area contributed by atoms with E-state index in [9.17, 15) is 4.79 Å². The van der Waals surface area contributed by atoms with Crippen LogP contribution in [0.5, 0.6) is 5.75 Å². The number of carbonyl (C=O) groups is 1. The van der Waals surface area contributed by atoms with Crippen molar-refractivity contribution >= 4 is 40.7 Å². The van der Waals surface area contributed by atoms with Crippen molar-refractivity contribution in [3.8, 4) is 17.0 Å². The average molecular weight is 393 g/mol. The van der Waals surface area contributed by atoms with E-state index in [0.29, 0.717) is 27.7 Å². The number of nitrogens with one attached hydrogen (secondary N) is 1. The van der Waals surface area contributed by atoms with Gasteiger partial charge in [0.25, 0.3) is 5.91 Å². The molecule has 0 aliphatic rings. The van der Waals surface area contributed by atoms with Gasteiger partial charge in [0.15, 0.2) is 11.6 Å². The molecule has 1 aromatic carbocycles. The number of nitrogens with zero attached hydrogens (tertiary/aromatic N) is 4. The highest BCUT2D eigenvalue weighted by Gasteiger charge is 2.17. The minimum absolute atomic E-state index is 0.0824. The second-order valence-electron chi connectivity index (χ2n) is 5.25. The molecule has 3 N–H and O–H groups in total. The standard InChI is InChI=1S/C16H14Cl2N6O2/c1-24-11(3-4-21-24)16(25)23-12-7-20-14(15(19)22-12)9-5-8(26-2)6-10(17)13(9)18/h3-7H,1-2H3,(H3,19,22,23,25). The number of benzene rings is 1. The highest BCUT2D eigenvalue weighted by Crippen LogP contribution is 2.38. The molecule has 2 heterocycles. The van der Waals surface area contributed by atoms with Crippen LogP contribution in [0.4, 0.5) is 11.6 Å². The average Bonchev–Trinajstić information content (AvgIpc) is 3.04. The van der Waals surface area contributed by atoms with Gasteiger partial charge in [0, 0.05) is 24.9 Å². The smallest absolute Gasteiger partial charge is 0.275 e. The Kier molecular flexibility index (Phi) is 4.97. The third-order valence-electron chi connectivity index (χ3n) is 3.59. The minimum Gasteiger partial charge on any atom is -0.497 e. The van der Waals surface area contributed by atoms with Crippen LogP contribution in [0.1, 0.15) is 10.5 Å². The lowest BCUT2D eigenvalue weighted by Crippen LogP contribution is -2.17. The van der Waals surface area contributed by atoms with Gasteiger partial charge in [-0.25, -0.2) is 9.97 Å². The van der Waals surface area contributed by atoms with E-state index in [1.54, 1.807) is 25.2 Å². The second-order valence-corrected chi connectivity index (χ2v) is 6.04. The third kappa shape index (κ3) is 3.42. The summed E-state index contributed by atoms with van der Waals surface area (Å²) in [6.45, 7) is 0. The fourth-order valence-electron chi connectivity index (χ4n) is 2.30. The van der Waals surface area contributed by atoms with Crippen LogP contribution in [0.2, 0.25) is 10.0 Å². The Bertz CT molecular complexity index is 989. The van der Waals surface area contributed by atoms with E-state index < -0.39 is 0 Å². The van der Waals surface area contributed by atoms with Gasteiger partial charge in [0.1, 0.15) is 17.1 Å². The summed E-state index contributed by atoms with van der Waals surface area (Å²) in [6.07, 6.45) is 2.90. The maximum atomic E-state index is 12.2. The minimum atomic E-state index is -0.381. The Morgan fingerprint density at radius 1 is 1.35 bits per heavy atom. The van der Waals surface area contributed by atoms with Gasteiger partial charge in [-0.3, -0.25) is 9.48 Å². The number of hydrogen-bond donors (Lipinski definition) is 2. The van der Waals surface area contributed by atoms with Crippen LogP contribution >= 0.6 is 23.2 Å². The van der Waals surface area contributed by atoms with Gasteiger partial charge in [0.2, 0.25) is 0 Å². The predicted molar refractivity (Wildman–Crippen MR) is 99.6 cm³/mol.